The number of halogens is 5. The van der Waals surface area contributed by atoms with Crippen LogP contribution in [0.25, 0.3) is 0 Å². The van der Waals surface area contributed by atoms with E-state index in [4.69, 9.17) is 0 Å². The second-order valence-electron chi connectivity index (χ2n) is 5.55. The molecule has 1 heterocycles. The van der Waals surface area contributed by atoms with E-state index in [1.165, 1.54) is 0 Å². The molecule has 1 aromatic rings. The van der Waals surface area contributed by atoms with Crippen LogP contribution >= 0.6 is 0 Å². The van der Waals surface area contributed by atoms with Crippen molar-refractivity contribution in [3.8, 4) is 0 Å². The van der Waals surface area contributed by atoms with Crippen molar-refractivity contribution in [2.24, 2.45) is 5.92 Å². The number of hydrogen-bond donors (Lipinski definition) is 1. The Labute approximate surface area is 118 Å². The highest BCUT2D eigenvalue weighted by Gasteiger charge is 2.42. The van der Waals surface area contributed by atoms with Gasteiger partial charge >= 0.3 is 0 Å². The van der Waals surface area contributed by atoms with Gasteiger partial charge in [0.15, 0.2) is 23.3 Å². The van der Waals surface area contributed by atoms with Gasteiger partial charge in [0, 0.05) is 37.8 Å². The zero-order valence-corrected chi connectivity index (χ0v) is 11.2. The van der Waals surface area contributed by atoms with Gasteiger partial charge in [-0.3, -0.25) is 4.90 Å². The zero-order chi connectivity index (χ0) is 15.1. The second-order valence-corrected chi connectivity index (χ2v) is 5.55. The molecule has 2 nitrogen and oxygen atoms in total. The number of hydrogen-bond acceptors (Lipinski definition) is 2. The van der Waals surface area contributed by atoms with E-state index in [1.807, 2.05) is 4.90 Å². The third kappa shape index (κ3) is 2.53. The smallest absolute Gasteiger partial charge is 0.200 e. The van der Waals surface area contributed by atoms with Gasteiger partial charge in [-0.1, -0.05) is 0 Å². The average molecular weight is 306 g/mol. The normalized spacial score (nSPS) is 21.6. The largest absolute Gasteiger partial charge is 0.314 e. The van der Waals surface area contributed by atoms with E-state index < -0.39 is 40.7 Å². The van der Waals surface area contributed by atoms with Gasteiger partial charge in [0.25, 0.3) is 0 Å². The van der Waals surface area contributed by atoms with Crippen LogP contribution < -0.4 is 5.32 Å². The van der Waals surface area contributed by atoms with Crippen molar-refractivity contribution in [3.63, 3.8) is 0 Å². The molecule has 2 fully saturated rings. The van der Waals surface area contributed by atoms with Gasteiger partial charge in [0.1, 0.15) is 0 Å². The van der Waals surface area contributed by atoms with Crippen molar-refractivity contribution in [1.29, 1.82) is 0 Å². The predicted molar refractivity (Wildman–Crippen MR) is 66.1 cm³/mol. The fourth-order valence-corrected chi connectivity index (χ4v) is 2.97. The van der Waals surface area contributed by atoms with Crippen LogP contribution in [0.3, 0.4) is 0 Å². The van der Waals surface area contributed by atoms with Crippen LogP contribution in [0.2, 0.25) is 0 Å². The van der Waals surface area contributed by atoms with Crippen LogP contribution in [0.15, 0.2) is 0 Å². The van der Waals surface area contributed by atoms with Crippen LogP contribution in [0, 0.1) is 35.0 Å². The molecule has 7 heteroatoms. The lowest BCUT2D eigenvalue weighted by Crippen LogP contribution is -2.46. The maximum Gasteiger partial charge on any atom is 0.200 e. The Morgan fingerprint density at radius 1 is 0.810 bits per heavy atom. The minimum Gasteiger partial charge on any atom is -0.314 e. The SMILES string of the molecule is Fc1c(F)c(F)c([C@H](C2CC2)N2CCNCC2)c(F)c1F. The van der Waals surface area contributed by atoms with Crippen molar-refractivity contribution in [3.05, 3.63) is 34.6 Å². The van der Waals surface area contributed by atoms with Crippen LogP contribution in [0.4, 0.5) is 22.0 Å². The topological polar surface area (TPSA) is 15.3 Å². The summed E-state index contributed by atoms with van der Waals surface area (Å²) in [5.74, 6) is -9.24. The Hall–Kier alpha value is -1.21. The third-order valence-corrected chi connectivity index (χ3v) is 4.15. The first kappa shape index (κ1) is 14.7. The number of rotatable bonds is 3. The molecule has 0 aromatic heterocycles. The first-order valence-corrected chi connectivity index (χ1v) is 6.98. The molecule has 1 aromatic carbocycles. The fraction of sp³-hybridized carbons (Fsp3) is 0.571. The lowest BCUT2D eigenvalue weighted by Gasteiger charge is -2.35. The van der Waals surface area contributed by atoms with Crippen molar-refractivity contribution < 1.29 is 22.0 Å². The quantitative estimate of drug-likeness (QED) is 0.525. The molecule has 0 amide bonds. The molecule has 116 valence electrons. The van der Waals surface area contributed by atoms with E-state index in [9.17, 15) is 22.0 Å². The number of nitrogens with zero attached hydrogens (tertiary/aromatic N) is 1. The van der Waals surface area contributed by atoms with Gasteiger partial charge in [-0.05, 0) is 18.8 Å². The maximum absolute atomic E-state index is 14.0. The molecule has 2 aliphatic rings. The molecule has 1 saturated carbocycles. The Morgan fingerprint density at radius 3 is 1.76 bits per heavy atom. The van der Waals surface area contributed by atoms with Crippen LogP contribution in [-0.4, -0.2) is 31.1 Å². The summed E-state index contributed by atoms with van der Waals surface area (Å²) in [5.41, 5.74) is -0.671. The number of nitrogens with one attached hydrogen (secondary N) is 1. The second kappa shape index (κ2) is 5.53. The van der Waals surface area contributed by atoms with Gasteiger partial charge in [0.2, 0.25) is 5.82 Å². The summed E-state index contributed by atoms with van der Waals surface area (Å²) >= 11 is 0. The zero-order valence-electron chi connectivity index (χ0n) is 11.2. The molecule has 1 N–H and O–H groups in total. The average Bonchev–Trinajstić information content (AvgIpc) is 3.33. The van der Waals surface area contributed by atoms with Crippen molar-refractivity contribution in [2.45, 2.75) is 18.9 Å². The Bertz CT molecular complexity index is 524. The van der Waals surface area contributed by atoms with Gasteiger partial charge in [-0.25, -0.2) is 22.0 Å². The monoisotopic (exact) mass is 306 g/mol. The van der Waals surface area contributed by atoms with Crippen molar-refractivity contribution >= 4 is 0 Å². The van der Waals surface area contributed by atoms with Crippen LogP contribution in [-0.2, 0) is 0 Å². The number of benzene rings is 1. The van der Waals surface area contributed by atoms with E-state index >= 15 is 0 Å². The van der Waals surface area contributed by atoms with Gasteiger partial charge < -0.3 is 5.32 Å². The Morgan fingerprint density at radius 2 is 1.29 bits per heavy atom. The predicted octanol–water partition coefficient (Wildman–Crippen LogP) is 2.74. The first-order valence-electron chi connectivity index (χ1n) is 6.98. The summed E-state index contributed by atoms with van der Waals surface area (Å²) in [7, 11) is 0. The first-order chi connectivity index (χ1) is 10.0. The molecular formula is C14H15F5N2. The molecular weight excluding hydrogens is 291 g/mol. The molecule has 0 bridgehead atoms. The molecule has 1 atom stereocenters. The lowest BCUT2D eigenvalue weighted by atomic mass is 9.97. The molecule has 0 radical (unpaired) electrons. The minimum atomic E-state index is -2.09. The Balaban J connectivity index is 2.07. The van der Waals surface area contributed by atoms with E-state index in [0.29, 0.717) is 26.2 Å². The summed E-state index contributed by atoms with van der Waals surface area (Å²) in [6.45, 7) is 2.33. The summed E-state index contributed by atoms with van der Waals surface area (Å²) < 4.78 is 68.1. The van der Waals surface area contributed by atoms with Gasteiger partial charge in [0.05, 0.1) is 0 Å². The van der Waals surface area contributed by atoms with Crippen LogP contribution in [0.1, 0.15) is 24.4 Å². The molecule has 21 heavy (non-hydrogen) atoms. The number of piperazine rings is 1. The third-order valence-electron chi connectivity index (χ3n) is 4.15. The molecule has 1 aliphatic heterocycles. The lowest BCUT2D eigenvalue weighted by molar-refractivity contribution is 0.146. The van der Waals surface area contributed by atoms with Crippen molar-refractivity contribution in [1.82, 2.24) is 10.2 Å². The van der Waals surface area contributed by atoms with E-state index in [2.05, 4.69) is 5.32 Å². The summed E-state index contributed by atoms with van der Waals surface area (Å²) in [6.07, 6.45) is 1.49. The van der Waals surface area contributed by atoms with E-state index in [-0.39, 0.29) is 5.92 Å². The minimum absolute atomic E-state index is 0.0450. The standard InChI is InChI=1S/C14H15F5N2/c15-9-8(10(16)12(18)13(19)11(9)17)14(7-1-2-7)21-5-3-20-4-6-21/h7,14,20H,1-6H2/t14-/m0/s1. The molecule has 0 spiro atoms. The molecule has 1 aliphatic carbocycles. The highest BCUT2D eigenvalue weighted by atomic mass is 19.2. The van der Waals surface area contributed by atoms with E-state index in [1.54, 1.807) is 0 Å². The molecule has 0 unspecified atom stereocenters. The summed E-state index contributed by atoms with van der Waals surface area (Å²) in [5, 5.41) is 3.10. The molecule has 1 saturated heterocycles. The maximum atomic E-state index is 14.0. The fourth-order valence-electron chi connectivity index (χ4n) is 2.97. The molecule has 3 rings (SSSR count). The highest BCUT2D eigenvalue weighted by Crippen LogP contribution is 2.46. The van der Waals surface area contributed by atoms with Gasteiger partial charge in [-0.15, -0.1) is 0 Å². The van der Waals surface area contributed by atoms with Crippen molar-refractivity contribution in [2.75, 3.05) is 26.2 Å². The van der Waals surface area contributed by atoms with E-state index in [0.717, 1.165) is 12.8 Å². The van der Waals surface area contributed by atoms with Crippen LogP contribution in [0.5, 0.6) is 0 Å². The van der Waals surface area contributed by atoms with Gasteiger partial charge in [-0.2, -0.15) is 0 Å². The Kier molecular flexibility index (Phi) is 3.88. The summed E-state index contributed by atoms with van der Waals surface area (Å²) in [4.78, 5) is 1.81. The summed E-state index contributed by atoms with van der Waals surface area (Å²) in [6, 6.07) is -0.739. The highest BCUT2D eigenvalue weighted by molar-refractivity contribution is 5.29.